The molecule has 0 aliphatic carbocycles. The molecule has 0 radical (unpaired) electrons. The van der Waals surface area contributed by atoms with Crippen molar-refractivity contribution >= 4 is 27.3 Å². The summed E-state index contributed by atoms with van der Waals surface area (Å²) >= 11 is 3.21. The van der Waals surface area contributed by atoms with Gasteiger partial charge in [0.1, 0.15) is 11.5 Å². The van der Waals surface area contributed by atoms with Gasteiger partial charge in [-0.05, 0) is 54.9 Å². The lowest BCUT2D eigenvalue weighted by Crippen LogP contribution is -2.07. The fourth-order valence-corrected chi connectivity index (χ4v) is 2.68. The fraction of sp³-hybridized carbons (Fsp3) is 0.286. The molecule has 5 nitrogen and oxygen atoms in total. The van der Waals surface area contributed by atoms with Gasteiger partial charge in [0.25, 0.3) is 5.69 Å². The van der Waals surface area contributed by atoms with Crippen LogP contribution in [0, 0.1) is 24.0 Å². The van der Waals surface area contributed by atoms with E-state index in [1.807, 2.05) is 26.8 Å². The van der Waals surface area contributed by atoms with Gasteiger partial charge < -0.3 is 9.73 Å². The van der Waals surface area contributed by atoms with Crippen molar-refractivity contribution in [1.29, 1.82) is 0 Å². The highest BCUT2D eigenvalue weighted by Gasteiger charge is 2.15. The summed E-state index contributed by atoms with van der Waals surface area (Å²) in [6.45, 7) is 5.85. The van der Waals surface area contributed by atoms with E-state index in [2.05, 4.69) is 21.2 Å². The number of furan rings is 1. The van der Waals surface area contributed by atoms with Crippen molar-refractivity contribution in [3.8, 4) is 0 Å². The highest BCUT2D eigenvalue weighted by molar-refractivity contribution is 9.10. The summed E-state index contributed by atoms with van der Waals surface area (Å²) in [4.78, 5) is 10.4. The summed E-state index contributed by atoms with van der Waals surface area (Å²) in [5.74, 6) is 1.75. The molecule has 0 bridgehead atoms. The van der Waals surface area contributed by atoms with Crippen LogP contribution in [0.4, 0.5) is 11.4 Å². The minimum atomic E-state index is -0.416. The third-order valence-corrected chi connectivity index (χ3v) is 3.71. The zero-order valence-corrected chi connectivity index (χ0v) is 13.0. The molecule has 6 heteroatoms. The first-order valence-corrected chi connectivity index (χ1v) is 6.95. The third-order valence-electron chi connectivity index (χ3n) is 3.07. The first-order valence-electron chi connectivity index (χ1n) is 6.16. The van der Waals surface area contributed by atoms with E-state index < -0.39 is 4.92 Å². The van der Waals surface area contributed by atoms with Gasteiger partial charge >= 0.3 is 0 Å². The molecule has 0 saturated heterocycles. The molecule has 0 amide bonds. The van der Waals surface area contributed by atoms with Crippen molar-refractivity contribution in [2.75, 3.05) is 5.32 Å². The van der Waals surface area contributed by atoms with Crippen LogP contribution in [-0.4, -0.2) is 4.92 Å². The Morgan fingerprint density at radius 1 is 1.35 bits per heavy atom. The summed E-state index contributed by atoms with van der Waals surface area (Å²) < 4.78 is 5.97. The molecule has 1 N–H and O–H groups in total. The Bertz CT molecular complexity index is 652. The van der Waals surface area contributed by atoms with Crippen LogP contribution in [0.1, 0.15) is 30.0 Å². The molecule has 1 aromatic heterocycles. The number of aryl methyl sites for hydroxylation is 2. The number of benzene rings is 1. The van der Waals surface area contributed by atoms with Crippen LogP contribution < -0.4 is 5.32 Å². The Balaban J connectivity index is 2.20. The van der Waals surface area contributed by atoms with Crippen molar-refractivity contribution in [3.05, 3.63) is 55.9 Å². The number of nitro benzene ring substituents is 1. The van der Waals surface area contributed by atoms with E-state index in [0.717, 1.165) is 22.8 Å². The summed E-state index contributed by atoms with van der Waals surface area (Å²) in [6.07, 6.45) is 0. The number of hydrogen-bond acceptors (Lipinski definition) is 4. The average molecular weight is 339 g/mol. The van der Waals surface area contributed by atoms with Crippen LogP contribution in [0.25, 0.3) is 0 Å². The van der Waals surface area contributed by atoms with Crippen LogP contribution in [0.15, 0.2) is 33.2 Å². The van der Waals surface area contributed by atoms with Gasteiger partial charge in [-0.25, -0.2) is 0 Å². The lowest BCUT2D eigenvalue weighted by Gasteiger charge is -2.14. The second-order valence-corrected chi connectivity index (χ2v) is 5.51. The number of rotatable bonds is 4. The van der Waals surface area contributed by atoms with Crippen LogP contribution in [0.5, 0.6) is 0 Å². The molecule has 1 unspecified atom stereocenters. The molecule has 1 aromatic carbocycles. The number of halogens is 1. The Morgan fingerprint density at radius 3 is 2.55 bits per heavy atom. The average Bonchev–Trinajstić information content (AvgIpc) is 2.68. The minimum absolute atomic E-state index is 0.0542. The van der Waals surface area contributed by atoms with E-state index in [4.69, 9.17) is 4.42 Å². The number of hydrogen-bond donors (Lipinski definition) is 1. The molecule has 0 aliphatic rings. The maximum absolute atomic E-state index is 10.8. The molecule has 1 atom stereocenters. The lowest BCUT2D eigenvalue weighted by molar-refractivity contribution is -0.385. The molecule has 20 heavy (non-hydrogen) atoms. The third kappa shape index (κ3) is 3.01. The van der Waals surface area contributed by atoms with Crippen LogP contribution in [0.2, 0.25) is 0 Å². The van der Waals surface area contributed by atoms with Gasteiger partial charge in [0.15, 0.2) is 0 Å². The van der Waals surface area contributed by atoms with Gasteiger partial charge in [-0.15, -0.1) is 0 Å². The molecular weight excluding hydrogens is 324 g/mol. The van der Waals surface area contributed by atoms with E-state index in [0.29, 0.717) is 4.47 Å². The molecule has 1 heterocycles. The SMILES string of the molecule is Cc1cc(C(C)Nc2ccc([N+](=O)[O-])c(Br)c2)c(C)o1. The predicted molar refractivity (Wildman–Crippen MR) is 81.0 cm³/mol. The minimum Gasteiger partial charge on any atom is -0.466 e. The standard InChI is InChI=1S/C14H15BrN2O3/c1-8-6-12(10(3)20-8)9(2)16-11-4-5-14(17(18)19)13(15)7-11/h4-7,9,16H,1-3H3. The Morgan fingerprint density at radius 2 is 2.05 bits per heavy atom. The summed E-state index contributed by atoms with van der Waals surface area (Å²) in [6, 6.07) is 6.93. The van der Waals surface area contributed by atoms with E-state index in [1.54, 1.807) is 12.1 Å². The summed E-state index contributed by atoms with van der Waals surface area (Å²) in [5.41, 5.74) is 1.95. The molecule has 0 saturated carbocycles. The Labute approximate surface area is 125 Å². The van der Waals surface area contributed by atoms with E-state index in [9.17, 15) is 10.1 Å². The van der Waals surface area contributed by atoms with E-state index in [1.165, 1.54) is 6.07 Å². The molecule has 2 rings (SSSR count). The lowest BCUT2D eigenvalue weighted by atomic mass is 10.1. The van der Waals surface area contributed by atoms with E-state index in [-0.39, 0.29) is 11.7 Å². The van der Waals surface area contributed by atoms with Gasteiger partial charge in [-0.3, -0.25) is 10.1 Å². The Kier molecular flexibility index (Phi) is 4.13. The zero-order chi connectivity index (χ0) is 14.9. The van der Waals surface area contributed by atoms with Crippen molar-refractivity contribution in [2.24, 2.45) is 0 Å². The monoisotopic (exact) mass is 338 g/mol. The van der Waals surface area contributed by atoms with Gasteiger partial charge in [0.2, 0.25) is 0 Å². The van der Waals surface area contributed by atoms with Gasteiger partial charge in [-0.2, -0.15) is 0 Å². The Hall–Kier alpha value is -1.82. The van der Waals surface area contributed by atoms with Crippen molar-refractivity contribution in [1.82, 2.24) is 0 Å². The number of nitro groups is 1. The molecular formula is C14H15BrN2O3. The fourth-order valence-electron chi connectivity index (χ4n) is 2.15. The van der Waals surface area contributed by atoms with Crippen molar-refractivity contribution in [3.63, 3.8) is 0 Å². The summed E-state index contributed by atoms with van der Waals surface area (Å²) in [5, 5.41) is 14.1. The molecule has 0 aliphatic heterocycles. The van der Waals surface area contributed by atoms with Crippen LogP contribution >= 0.6 is 15.9 Å². The zero-order valence-electron chi connectivity index (χ0n) is 11.4. The molecule has 2 aromatic rings. The largest absolute Gasteiger partial charge is 0.466 e. The second kappa shape index (κ2) is 5.66. The van der Waals surface area contributed by atoms with Crippen LogP contribution in [0.3, 0.4) is 0 Å². The van der Waals surface area contributed by atoms with Crippen molar-refractivity contribution in [2.45, 2.75) is 26.8 Å². The molecule has 0 spiro atoms. The quantitative estimate of drug-likeness (QED) is 0.645. The van der Waals surface area contributed by atoms with Crippen LogP contribution in [-0.2, 0) is 0 Å². The highest BCUT2D eigenvalue weighted by atomic mass is 79.9. The maximum atomic E-state index is 10.8. The topological polar surface area (TPSA) is 68.3 Å². The molecule has 0 fully saturated rings. The smallest absolute Gasteiger partial charge is 0.283 e. The number of anilines is 1. The van der Waals surface area contributed by atoms with Gasteiger partial charge in [0.05, 0.1) is 15.4 Å². The van der Waals surface area contributed by atoms with Crippen molar-refractivity contribution < 1.29 is 9.34 Å². The number of nitrogens with one attached hydrogen (secondary N) is 1. The summed E-state index contributed by atoms with van der Waals surface area (Å²) in [7, 11) is 0. The highest BCUT2D eigenvalue weighted by Crippen LogP contribution is 2.30. The van der Waals surface area contributed by atoms with Gasteiger partial charge in [-0.1, -0.05) is 0 Å². The first kappa shape index (κ1) is 14.6. The van der Waals surface area contributed by atoms with Gasteiger partial charge in [0, 0.05) is 17.3 Å². The second-order valence-electron chi connectivity index (χ2n) is 4.66. The first-order chi connectivity index (χ1) is 9.38. The predicted octanol–water partition coefficient (Wildman–Crippen LogP) is 4.74. The maximum Gasteiger partial charge on any atom is 0.283 e. The van der Waals surface area contributed by atoms with E-state index >= 15 is 0 Å². The number of nitrogens with zero attached hydrogens (tertiary/aromatic N) is 1. The normalized spacial score (nSPS) is 12.2. The molecule has 106 valence electrons.